The summed E-state index contributed by atoms with van der Waals surface area (Å²) in [6.45, 7) is 0.870. The maximum Gasteiger partial charge on any atom is 0.451 e. The summed E-state index contributed by atoms with van der Waals surface area (Å²) in [6, 6.07) is 5.61. The van der Waals surface area contributed by atoms with Gasteiger partial charge in [-0.25, -0.2) is 0 Å². The van der Waals surface area contributed by atoms with Gasteiger partial charge in [-0.05, 0) is 40.8 Å². The first-order chi connectivity index (χ1) is 9.86. The number of hydrogen-bond donors (Lipinski definition) is 1. The van der Waals surface area contributed by atoms with Gasteiger partial charge in [-0.2, -0.15) is 13.2 Å². The summed E-state index contributed by atoms with van der Waals surface area (Å²) < 4.78 is 40.5. The number of aromatic nitrogens is 3. The molecule has 2 heterocycles. The lowest BCUT2D eigenvalue weighted by Gasteiger charge is -2.30. The number of alkyl halides is 3. The second kappa shape index (κ2) is 5.04. The molecule has 0 unspecified atom stereocenters. The summed E-state index contributed by atoms with van der Waals surface area (Å²) in [5.74, 6) is -0.640. The van der Waals surface area contributed by atoms with E-state index in [4.69, 9.17) is 5.73 Å². The first-order valence-corrected chi connectivity index (χ1v) is 7.23. The topological polar surface area (TPSA) is 60.0 Å². The van der Waals surface area contributed by atoms with Crippen LogP contribution in [0.3, 0.4) is 0 Å². The van der Waals surface area contributed by atoms with Gasteiger partial charge in [0.1, 0.15) is 0 Å². The molecule has 1 aliphatic rings. The number of rotatable bonds is 1. The Morgan fingerprint density at radius 2 is 1.95 bits per heavy atom. The maximum atomic E-state index is 12.8. The van der Waals surface area contributed by atoms with Gasteiger partial charge < -0.3 is 15.2 Å². The molecule has 0 saturated carbocycles. The zero-order valence-corrected chi connectivity index (χ0v) is 12.9. The van der Waals surface area contributed by atoms with Gasteiger partial charge in [0.05, 0.1) is 17.9 Å². The van der Waals surface area contributed by atoms with Crippen LogP contribution >= 0.6 is 22.6 Å². The van der Waals surface area contributed by atoms with E-state index in [0.717, 1.165) is 13.8 Å². The van der Waals surface area contributed by atoms with E-state index in [2.05, 4.69) is 32.8 Å². The van der Waals surface area contributed by atoms with Crippen LogP contribution in [0.25, 0.3) is 0 Å². The SMILES string of the molecule is Nc1cc(I)ccc1N1CCn2c(nnc2C(F)(F)F)C1. The van der Waals surface area contributed by atoms with Crippen LogP contribution in [-0.4, -0.2) is 21.3 Å². The molecule has 0 amide bonds. The highest BCUT2D eigenvalue weighted by atomic mass is 127. The number of benzene rings is 1. The number of nitrogens with zero attached hydrogens (tertiary/aromatic N) is 4. The van der Waals surface area contributed by atoms with Crippen molar-refractivity contribution in [2.24, 2.45) is 0 Å². The zero-order valence-electron chi connectivity index (χ0n) is 10.7. The molecule has 0 spiro atoms. The summed E-state index contributed by atoms with van der Waals surface area (Å²) >= 11 is 2.16. The predicted molar refractivity (Wildman–Crippen MR) is 79.6 cm³/mol. The minimum Gasteiger partial charge on any atom is -0.397 e. The second-order valence-corrected chi connectivity index (χ2v) is 5.96. The third kappa shape index (κ3) is 2.65. The molecule has 0 aliphatic carbocycles. The summed E-state index contributed by atoms with van der Waals surface area (Å²) in [4.78, 5) is 1.91. The van der Waals surface area contributed by atoms with Gasteiger partial charge in [-0.1, -0.05) is 0 Å². The van der Waals surface area contributed by atoms with Crippen molar-refractivity contribution in [3.63, 3.8) is 0 Å². The highest BCUT2D eigenvalue weighted by Crippen LogP contribution is 2.32. The molecule has 1 aromatic heterocycles. The normalized spacial score (nSPS) is 15.1. The molecule has 9 heteroatoms. The average molecular weight is 409 g/mol. The Labute approximate surface area is 132 Å². The fourth-order valence-corrected chi connectivity index (χ4v) is 2.90. The van der Waals surface area contributed by atoms with Gasteiger partial charge in [-0.3, -0.25) is 0 Å². The van der Waals surface area contributed by atoms with Crippen molar-refractivity contribution in [3.8, 4) is 0 Å². The molecule has 0 fully saturated rings. The fraction of sp³-hybridized carbons (Fsp3) is 0.333. The van der Waals surface area contributed by atoms with Crippen molar-refractivity contribution in [1.29, 1.82) is 0 Å². The quantitative estimate of drug-likeness (QED) is 0.581. The largest absolute Gasteiger partial charge is 0.451 e. The first-order valence-electron chi connectivity index (χ1n) is 6.15. The summed E-state index contributed by atoms with van der Waals surface area (Å²) in [6.07, 6.45) is -4.48. The maximum absolute atomic E-state index is 12.8. The molecule has 2 N–H and O–H groups in total. The van der Waals surface area contributed by atoms with Crippen LogP contribution < -0.4 is 10.6 Å². The summed E-state index contributed by atoms with van der Waals surface area (Å²) in [5, 5.41) is 6.92. The Bertz CT molecular complexity index is 682. The molecular formula is C12H11F3IN5. The van der Waals surface area contributed by atoms with Crippen LogP contribution in [0.5, 0.6) is 0 Å². The van der Waals surface area contributed by atoms with E-state index in [1.807, 2.05) is 23.1 Å². The molecule has 21 heavy (non-hydrogen) atoms. The average Bonchev–Trinajstić information content (AvgIpc) is 2.81. The number of fused-ring (bicyclic) bond motifs is 1. The van der Waals surface area contributed by atoms with Crippen molar-refractivity contribution >= 4 is 34.0 Å². The fourth-order valence-electron chi connectivity index (χ4n) is 2.39. The molecule has 0 saturated heterocycles. The third-order valence-electron chi connectivity index (χ3n) is 3.34. The molecule has 2 aromatic rings. The zero-order chi connectivity index (χ0) is 15.2. The molecular weight excluding hydrogens is 398 g/mol. The van der Waals surface area contributed by atoms with Crippen LogP contribution in [0.1, 0.15) is 11.6 Å². The minimum atomic E-state index is -4.48. The van der Waals surface area contributed by atoms with E-state index >= 15 is 0 Å². The first kappa shape index (κ1) is 14.4. The standard InChI is InChI=1S/C12H11F3IN5/c13-12(14,15)11-19-18-10-6-20(3-4-21(10)11)9-2-1-7(16)5-8(9)17/h1-2,5H,3-4,6,17H2. The van der Waals surface area contributed by atoms with Gasteiger partial charge in [0.15, 0.2) is 5.82 Å². The van der Waals surface area contributed by atoms with Crippen molar-refractivity contribution in [2.75, 3.05) is 17.2 Å². The van der Waals surface area contributed by atoms with Crippen molar-refractivity contribution in [1.82, 2.24) is 14.8 Å². The highest BCUT2D eigenvalue weighted by molar-refractivity contribution is 14.1. The minimum absolute atomic E-state index is 0.183. The molecule has 0 bridgehead atoms. The smallest absolute Gasteiger partial charge is 0.397 e. The molecule has 0 radical (unpaired) electrons. The molecule has 5 nitrogen and oxygen atoms in total. The van der Waals surface area contributed by atoms with Crippen molar-refractivity contribution in [3.05, 3.63) is 33.4 Å². The summed E-state index contributed by atoms with van der Waals surface area (Å²) in [7, 11) is 0. The molecule has 0 atom stereocenters. The van der Waals surface area contributed by atoms with Crippen LogP contribution in [0.4, 0.5) is 24.5 Å². The van der Waals surface area contributed by atoms with E-state index < -0.39 is 12.0 Å². The van der Waals surface area contributed by atoms with Crippen molar-refractivity contribution in [2.45, 2.75) is 19.3 Å². The third-order valence-corrected chi connectivity index (χ3v) is 4.01. The highest BCUT2D eigenvalue weighted by Gasteiger charge is 2.39. The van der Waals surface area contributed by atoms with Gasteiger partial charge in [0, 0.05) is 16.7 Å². The lowest BCUT2D eigenvalue weighted by Crippen LogP contribution is -2.35. The van der Waals surface area contributed by atoms with E-state index in [0.29, 0.717) is 18.1 Å². The monoisotopic (exact) mass is 409 g/mol. The number of nitrogen functional groups attached to an aromatic ring is 1. The van der Waals surface area contributed by atoms with Gasteiger partial charge in [0.2, 0.25) is 5.82 Å². The lowest BCUT2D eigenvalue weighted by atomic mass is 10.2. The Hall–Kier alpha value is -1.52. The molecule has 112 valence electrons. The molecule has 1 aliphatic heterocycles. The Morgan fingerprint density at radius 1 is 1.19 bits per heavy atom. The molecule has 1 aromatic carbocycles. The Kier molecular flexibility index (Phi) is 3.46. The van der Waals surface area contributed by atoms with Crippen molar-refractivity contribution < 1.29 is 13.2 Å². The van der Waals surface area contributed by atoms with Gasteiger partial charge in [-0.15, -0.1) is 10.2 Å². The predicted octanol–water partition coefficient (Wildman–Crippen LogP) is 2.50. The Balaban J connectivity index is 1.90. The number of halogens is 4. The van der Waals surface area contributed by atoms with Crippen LogP contribution in [0.2, 0.25) is 0 Å². The Morgan fingerprint density at radius 3 is 2.62 bits per heavy atom. The van der Waals surface area contributed by atoms with Gasteiger partial charge >= 0.3 is 6.18 Å². The number of nitrogens with two attached hydrogens (primary N) is 1. The van der Waals surface area contributed by atoms with E-state index in [9.17, 15) is 13.2 Å². The van der Waals surface area contributed by atoms with Gasteiger partial charge in [0.25, 0.3) is 0 Å². The van der Waals surface area contributed by atoms with E-state index in [1.54, 1.807) is 0 Å². The van der Waals surface area contributed by atoms with Crippen LogP contribution in [0, 0.1) is 3.57 Å². The second-order valence-electron chi connectivity index (χ2n) is 4.71. The number of anilines is 2. The van der Waals surface area contributed by atoms with Crippen LogP contribution in [0.15, 0.2) is 18.2 Å². The number of hydrogen-bond acceptors (Lipinski definition) is 4. The summed E-state index contributed by atoms with van der Waals surface area (Å²) in [5.41, 5.74) is 7.38. The van der Waals surface area contributed by atoms with Crippen LogP contribution in [-0.2, 0) is 19.3 Å². The molecule has 3 rings (SSSR count). The lowest BCUT2D eigenvalue weighted by molar-refractivity contribution is -0.147. The van der Waals surface area contributed by atoms with E-state index in [-0.39, 0.29) is 13.1 Å². The van der Waals surface area contributed by atoms with E-state index in [1.165, 1.54) is 0 Å².